The summed E-state index contributed by atoms with van der Waals surface area (Å²) in [4.78, 5) is 0. The maximum Gasteiger partial charge on any atom is 0.159 e. The minimum Gasteiger partial charge on any atom is -0.318 e. The van der Waals surface area contributed by atoms with Crippen molar-refractivity contribution < 1.29 is 8.78 Å². The lowest BCUT2D eigenvalue weighted by atomic mass is 9.84. The zero-order valence-corrected chi connectivity index (χ0v) is 10.6. The van der Waals surface area contributed by atoms with Crippen LogP contribution < -0.4 is 10.6 Å². The number of benzene rings is 1. The highest BCUT2D eigenvalue weighted by molar-refractivity contribution is 5.25. The van der Waals surface area contributed by atoms with E-state index >= 15 is 0 Å². The zero-order valence-electron chi connectivity index (χ0n) is 10.6. The van der Waals surface area contributed by atoms with Crippen LogP contribution in [-0.4, -0.2) is 26.7 Å². The standard InChI is InChI=1S/C13H20F2N2/c1-13(2,9-17-7-6-16-3)10-4-5-11(14)12(15)8-10/h4-5,8,16-17H,6-7,9H2,1-3H3. The molecule has 17 heavy (non-hydrogen) atoms. The molecule has 0 fully saturated rings. The van der Waals surface area contributed by atoms with Crippen LogP contribution in [0.5, 0.6) is 0 Å². The maximum absolute atomic E-state index is 13.1. The normalized spacial score (nSPS) is 11.8. The number of hydrogen-bond acceptors (Lipinski definition) is 2. The summed E-state index contributed by atoms with van der Waals surface area (Å²) in [7, 11) is 1.89. The van der Waals surface area contributed by atoms with Gasteiger partial charge in [-0.3, -0.25) is 0 Å². The molecule has 0 bridgehead atoms. The topological polar surface area (TPSA) is 24.1 Å². The van der Waals surface area contributed by atoms with Crippen LogP contribution in [0.4, 0.5) is 8.78 Å². The van der Waals surface area contributed by atoms with E-state index in [1.807, 2.05) is 20.9 Å². The van der Waals surface area contributed by atoms with Gasteiger partial charge in [0.05, 0.1) is 0 Å². The van der Waals surface area contributed by atoms with E-state index in [1.165, 1.54) is 12.1 Å². The molecule has 2 nitrogen and oxygen atoms in total. The van der Waals surface area contributed by atoms with Crippen LogP contribution in [0, 0.1) is 11.6 Å². The largest absolute Gasteiger partial charge is 0.318 e. The quantitative estimate of drug-likeness (QED) is 0.746. The molecule has 0 aromatic heterocycles. The smallest absolute Gasteiger partial charge is 0.159 e. The zero-order chi connectivity index (χ0) is 12.9. The second-order valence-corrected chi connectivity index (χ2v) is 4.79. The summed E-state index contributed by atoms with van der Waals surface area (Å²) >= 11 is 0. The van der Waals surface area contributed by atoms with E-state index in [4.69, 9.17) is 0 Å². The molecule has 96 valence electrons. The lowest BCUT2D eigenvalue weighted by Gasteiger charge is -2.26. The molecule has 0 spiro atoms. The average Bonchev–Trinajstić information content (AvgIpc) is 2.28. The van der Waals surface area contributed by atoms with Gasteiger partial charge in [-0.05, 0) is 24.7 Å². The Kier molecular flexibility index (Phi) is 5.02. The third-order valence-corrected chi connectivity index (χ3v) is 2.82. The summed E-state index contributed by atoms with van der Waals surface area (Å²) in [6, 6.07) is 4.09. The molecule has 0 radical (unpaired) electrons. The van der Waals surface area contributed by atoms with Gasteiger partial charge in [0.15, 0.2) is 11.6 Å². The highest BCUT2D eigenvalue weighted by atomic mass is 19.2. The fourth-order valence-electron chi connectivity index (χ4n) is 1.63. The monoisotopic (exact) mass is 242 g/mol. The molecule has 4 heteroatoms. The van der Waals surface area contributed by atoms with Crippen molar-refractivity contribution in [1.82, 2.24) is 10.6 Å². The van der Waals surface area contributed by atoms with Crippen LogP contribution in [0.15, 0.2) is 18.2 Å². The van der Waals surface area contributed by atoms with E-state index in [1.54, 1.807) is 6.07 Å². The minimum absolute atomic E-state index is 0.220. The van der Waals surface area contributed by atoms with Crippen molar-refractivity contribution in [2.45, 2.75) is 19.3 Å². The Bertz CT molecular complexity index is 364. The highest BCUT2D eigenvalue weighted by Crippen LogP contribution is 2.23. The Morgan fingerprint density at radius 2 is 1.82 bits per heavy atom. The predicted molar refractivity (Wildman–Crippen MR) is 66.2 cm³/mol. The van der Waals surface area contributed by atoms with Gasteiger partial charge in [-0.15, -0.1) is 0 Å². The SMILES string of the molecule is CNCCNCC(C)(C)c1ccc(F)c(F)c1. The van der Waals surface area contributed by atoms with Crippen molar-refractivity contribution in [2.75, 3.05) is 26.7 Å². The van der Waals surface area contributed by atoms with Crippen molar-refractivity contribution >= 4 is 0 Å². The molecule has 0 amide bonds. The Morgan fingerprint density at radius 3 is 2.41 bits per heavy atom. The summed E-state index contributed by atoms with van der Waals surface area (Å²) in [6.07, 6.45) is 0. The molecule has 0 saturated heterocycles. The van der Waals surface area contributed by atoms with Gasteiger partial charge in [0.1, 0.15) is 0 Å². The minimum atomic E-state index is -0.798. The molecule has 0 atom stereocenters. The fraction of sp³-hybridized carbons (Fsp3) is 0.538. The molecule has 1 aromatic rings. The van der Waals surface area contributed by atoms with Crippen molar-refractivity contribution in [2.24, 2.45) is 0 Å². The third kappa shape index (κ3) is 4.06. The van der Waals surface area contributed by atoms with Gasteiger partial charge < -0.3 is 10.6 Å². The molecule has 0 saturated carbocycles. The first kappa shape index (κ1) is 14.1. The van der Waals surface area contributed by atoms with Gasteiger partial charge in [0, 0.05) is 25.0 Å². The summed E-state index contributed by atoms with van der Waals surface area (Å²) in [5, 5.41) is 6.32. The number of hydrogen-bond donors (Lipinski definition) is 2. The van der Waals surface area contributed by atoms with Crippen LogP contribution in [0.2, 0.25) is 0 Å². The number of nitrogens with one attached hydrogen (secondary N) is 2. The molecular weight excluding hydrogens is 222 g/mol. The first-order chi connectivity index (χ1) is 7.97. The van der Waals surface area contributed by atoms with Gasteiger partial charge in [-0.1, -0.05) is 19.9 Å². The predicted octanol–water partition coefficient (Wildman–Crippen LogP) is 2.05. The lowest BCUT2D eigenvalue weighted by molar-refractivity contribution is 0.457. The van der Waals surface area contributed by atoms with E-state index in [0.717, 1.165) is 25.2 Å². The van der Waals surface area contributed by atoms with Gasteiger partial charge in [0.2, 0.25) is 0 Å². The lowest BCUT2D eigenvalue weighted by Crippen LogP contribution is -2.36. The van der Waals surface area contributed by atoms with Gasteiger partial charge >= 0.3 is 0 Å². The van der Waals surface area contributed by atoms with E-state index in [9.17, 15) is 8.78 Å². The maximum atomic E-state index is 13.1. The molecule has 1 rings (SSSR count). The Balaban J connectivity index is 2.64. The number of likely N-dealkylation sites (N-methyl/N-ethyl adjacent to an activating group) is 1. The third-order valence-electron chi connectivity index (χ3n) is 2.82. The van der Waals surface area contributed by atoms with Crippen LogP contribution in [0.3, 0.4) is 0 Å². The summed E-state index contributed by atoms with van der Waals surface area (Å²) < 4.78 is 26.0. The molecule has 0 heterocycles. The second-order valence-electron chi connectivity index (χ2n) is 4.79. The van der Waals surface area contributed by atoms with Crippen molar-refractivity contribution in [1.29, 1.82) is 0 Å². The second kappa shape index (κ2) is 6.07. The molecular formula is C13H20F2N2. The Morgan fingerprint density at radius 1 is 1.12 bits per heavy atom. The molecule has 0 aliphatic carbocycles. The molecule has 1 aromatic carbocycles. The number of rotatable bonds is 6. The molecule has 0 unspecified atom stereocenters. The first-order valence-corrected chi connectivity index (χ1v) is 5.78. The van der Waals surface area contributed by atoms with Crippen molar-refractivity contribution in [3.63, 3.8) is 0 Å². The van der Waals surface area contributed by atoms with Crippen LogP contribution in [0.1, 0.15) is 19.4 Å². The van der Waals surface area contributed by atoms with Crippen LogP contribution in [-0.2, 0) is 5.41 Å². The van der Waals surface area contributed by atoms with E-state index in [0.29, 0.717) is 0 Å². The number of halogens is 2. The average molecular weight is 242 g/mol. The Labute approximate surface area is 101 Å². The fourth-order valence-corrected chi connectivity index (χ4v) is 1.63. The summed E-state index contributed by atoms with van der Waals surface area (Å²) in [5.74, 6) is -1.58. The molecule has 2 N–H and O–H groups in total. The van der Waals surface area contributed by atoms with Crippen LogP contribution >= 0.6 is 0 Å². The molecule has 0 aliphatic heterocycles. The van der Waals surface area contributed by atoms with Gasteiger partial charge in [-0.25, -0.2) is 8.78 Å². The van der Waals surface area contributed by atoms with E-state index < -0.39 is 11.6 Å². The Hall–Kier alpha value is -1.00. The van der Waals surface area contributed by atoms with E-state index in [2.05, 4.69) is 10.6 Å². The van der Waals surface area contributed by atoms with Gasteiger partial charge in [0.25, 0.3) is 0 Å². The van der Waals surface area contributed by atoms with E-state index in [-0.39, 0.29) is 5.41 Å². The van der Waals surface area contributed by atoms with Crippen LogP contribution in [0.25, 0.3) is 0 Å². The summed E-state index contributed by atoms with van der Waals surface area (Å²) in [6.45, 7) is 6.47. The first-order valence-electron chi connectivity index (χ1n) is 5.78. The van der Waals surface area contributed by atoms with Crippen molar-refractivity contribution in [3.05, 3.63) is 35.4 Å². The van der Waals surface area contributed by atoms with Gasteiger partial charge in [-0.2, -0.15) is 0 Å². The van der Waals surface area contributed by atoms with Crippen molar-refractivity contribution in [3.8, 4) is 0 Å². The molecule has 0 aliphatic rings. The summed E-state index contributed by atoms with van der Waals surface area (Å²) in [5.41, 5.74) is 0.579. The highest BCUT2D eigenvalue weighted by Gasteiger charge is 2.21.